The van der Waals surface area contributed by atoms with Gasteiger partial charge in [-0.15, -0.1) is 0 Å². The lowest BCUT2D eigenvalue weighted by Crippen LogP contribution is -2.45. The Morgan fingerprint density at radius 3 is 2.60 bits per heavy atom. The van der Waals surface area contributed by atoms with E-state index in [0.717, 1.165) is 24.1 Å². The minimum Gasteiger partial charge on any atom is -0.478 e. The predicted molar refractivity (Wildman–Crippen MR) is 77.4 cm³/mol. The summed E-state index contributed by atoms with van der Waals surface area (Å²) in [5.41, 5.74) is 2.07. The lowest BCUT2D eigenvalue weighted by atomic mass is 9.99. The second-order valence-corrected chi connectivity index (χ2v) is 4.86. The Hall–Kier alpha value is -2.04. The minimum absolute atomic E-state index is 0.000903. The van der Waals surface area contributed by atoms with E-state index in [9.17, 15) is 9.59 Å². The van der Waals surface area contributed by atoms with Crippen molar-refractivity contribution in [3.63, 3.8) is 0 Å². The average Bonchev–Trinajstić information content (AvgIpc) is 2.47. The van der Waals surface area contributed by atoms with Crippen molar-refractivity contribution in [2.24, 2.45) is 0 Å². The molecule has 0 spiro atoms. The third-order valence-electron chi connectivity index (χ3n) is 3.71. The van der Waals surface area contributed by atoms with Crippen LogP contribution in [-0.4, -0.2) is 41.6 Å². The van der Waals surface area contributed by atoms with E-state index in [1.807, 2.05) is 13.8 Å². The first-order valence-corrected chi connectivity index (χ1v) is 7.01. The number of carbonyl (C=O) groups is 2. The monoisotopic (exact) mass is 276 g/mol. The van der Waals surface area contributed by atoms with Gasteiger partial charge < -0.3 is 10.0 Å². The summed E-state index contributed by atoms with van der Waals surface area (Å²) in [6, 6.07) is 4.99. The van der Waals surface area contributed by atoms with Gasteiger partial charge in [0.1, 0.15) is 0 Å². The molecule has 1 aliphatic heterocycles. The molecule has 0 saturated carbocycles. The van der Waals surface area contributed by atoms with Gasteiger partial charge in [0.05, 0.1) is 5.56 Å². The van der Waals surface area contributed by atoms with Crippen LogP contribution < -0.4 is 4.90 Å². The van der Waals surface area contributed by atoms with Gasteiger partial charge in [0.15, 0.2) is 0 Å². The van der Waals surface area contributed by atoms with Gasteiger partial charge >= 0.3 is 12.0 Å². The lowest BCUT2D eigenvalue weighted by molar-refractivity contribution is 0.0696. The van der Waals surface area contributed by atoms with E-state index in [2.05, 4.69) is 0 Å². The predicted octanol–water partition coefficient (Wildman–Crippen LogP) is 2.60. The number of nitrogens with zero attached hydrogens (tertiary/aromatic N) is 2. The molecule has 1 N–H and O–H groups in total. The molecule has 5 heteroatoms. The maximum atomic E-state index is 12.5. The SMILES string of the molecule is CCN(CC)C(=O)N1CCCc2cc(C(=O)O)ccc21. The molecule has 5 nitrogen and oxygen atoms in total. The number of anilines is 1. The van der Waals surface area contributed by atoms with Crippen LogP contribution in [0.5, 0.6) is 0 Å². The molecule has 0 aromatic heterocycles. The Bertz CT molecular complexity index is 524. The van der Waals surface area contributed by atoms with Crippen molar-refractivity contribution in [1.29, 1.82) is 0 Å². The summed E-state index contributed by atoms with van der Waals surface area (Å²) in [4.78, 5) is 27.0. The number of aromatic carboxylic acids is 1. The van der Waals surface area contributed by atoms with Gasteiger partial charge in [-0.25, -0.2) is 9.59 Å². The Balaban J connectivity index is 2.33. The highest BCUT2D eigenvalue weighted by Crippen LogP contribution is 2.29. The van der Waals surface area contributed by atoms with Gasteiger partial charge in [-0.05, 0) is 50.5 Å². The Labute approximate surface area is 118 Å². The van der Waals surface area contributed by atoms with Gasteiger partial charge in [0, 0.05) is 25.3 Å². The van der Waals surface area contributed by atoms with Crippen molar-refractivity contribution in [2.45, 2.75) is 26.7 Å². The molecule has 108 valence electrons. The number of carboxylic acid groups (broad SMARTS) is 1. The number of hydrogen-bond donors (Lipinski definition) is 1. The summed E-state index contributed by atoms with van der Waals surface area (Å²) in [5.74, 6) is -0.931. The minimum atomic E-state index is -0.931. The van der Waals surface area contributed by atoms with Crippen LogP contribution in [0.3, 0.4) is 0 Å². The molecule has 1 aromatic carbocycles. The molecule has 0 unspecified atom stereocenters. The van der Waals surface area contributed by atoms with Crippen LogP contribution in [0, 0.1) is 0 Å². The third-order valence-corrected chi connectivity index (χ3v) is 3.71. The molecule has 1 aliphatic rings. The molecule has 0 saturated heterocycles. The zero-order valence-corrected chi connectivity index (χ0v) is 11.9. The molecular weight excluding hydrogens is 256 g/mol. The molecule has 2 amide bonds. The maximum absolute atomic E-state index is 12.5. The number of amides is 2. The first-order chi connectivity index (χ1) is 9.58. The summed E-state index contributed by atoms with van der Waals surface area (Å²) in [7, 11) is 0. The van der Waals surface area contributed by atoms with E-state index in [0.29, 0.717) is 19.6 Å². The highest BCUT2D eigenvalue weighted by Gasteiger charge is 2.25. The summed E-state index contributed by atoms with van der Waals surface area (Å²) in [6.45, 7) is 5.96. The van der Waals surface area contributed by atoms with Crippen LogP contribution in [0.15, 0.2) is 18.2 Å². The van der Waals surface area contributed by atoms with Crippen LogP contribution in [0.4, 0.5) is 10.5 Å². The molecule has 2 rings (SSSR count). The topological polar surface area (TPSA) is 60.9 Å². The first-order valence-electron chi connectivity index (χ1n) is 7.01. The normalized spacial score (nSPS) is 13.8. The van der Waals surface area contributed by atoms with Gasteiger partial charge in [0.25, 0.3) is 0 Å². The quantitative estimate of drug-likeness (QED) is 0.923. The zero-order chi connectivity index (χ0) is 14.7. The number of fused-ring (bicyclic) bond motifs is 1. The van der Waals surface area contributed by atoms with Crippen LogP contribution in [-0.2, 0) is 6.42 Å². The van der Waals surface area contributed by atoms with E-state index in [4.69, 9.17) is 5.11 Å². The Kier molecular flexibility index (Phi) is 4.27. The van der Waals surface area contributed by atoms with Gasteiger partial charge in [-0.1, -0.05) is 0 Å². The summed E-state index contributed by atoms with van der Waals surface area (Å²) in [6.07, 6.45) is 1.68. The summed E-state index contributed by atoms with van der Waals surface area (Å²) < 4.78 is 0. The molecule has 1 aromatic rings. The molecule has 0 fully saturated rings. The van der Waals surface area contributed by atoms with Crippen LogP contribution in [0.25, 0.3) is 0 Å². The molecule has 0 bridgehead atoms. The number of hydrogen-bond acceptors (Lipinski definition) is 2. The average molecular weight is 276 g/mol. The van der Waals surface area contributed by atoms with Crippen LogP contribution >= 0.6 is 0 Å². The molecule has 0 atom stereocenters. The van der Waals surface area contributed by atoms with Gasteiger partial charge in [-0.2, -0.15) is 0 Å². The number of carboxylic acids is 1. The Morgan fingerprint density at radius 2 is 2.00 bits per heavy atom. The molecule has 0 radical (unpaired) electrons. The fraction of sp³-hybridized carbons (Fsp3) is 0.467. The molecule has 1 heterocycles. The molecular formula is C15H20N2O3. The number of urea groups is 1. The summed E-state index contributed by atoms with van der Waals surface area (Å²) in [5, 5.41) is 9.04. The van der Waals surface area contributed by atoms with Crippen molar-refractivity contribution in [1.82, 2.24) is 4.90 Å². The van der Waals surface area contributed by atoms with Crippen molar-refractivity contribution >= 4 is 17.7 Å². The van der Waals surface area contributed by atoms with E-state index < -0.39 is 5.97 Å². The van der Waals surface area contributed by atoms with E-state index in [1.54, 1.807) is 28.0 Å². The van der Waals surface area contributed by atoms with Crippen molar-refractivity contribution in [3.05, 3.63) is 29.3 Å². The van der Waals surface area contributed by atoms with Crippen LogP contribution in [0.2, 0.25) is 0 Å². The van der Waals surface area contributed by atoms with E-state index in [1.165, 1.54) is 0 Å². The van der Waals surface area contributed by atoms with Gasteiger partial charge in [-0.3, -0.25) is 4.90 Å². The molecule has 20 heavy (non-hydrogen) atoms. The number of carbonyl (C=O) groups excluding carboxylic acids is 1. The smallest absolute Gasteiger partial charge is 0.335 e. The number of aryl methyl sites for hydroxylation is 1. The van der Waals surface area contributed by atoms with Crippen molar-refractivity contribution < 1.29 is 14.7 Å². The first kappa shape index (κ1) is 14.4. The summed E-state index contributed by atoms with van der Waals surface area (Å²) >= 11 is 0. The lowest BCUT2D eigenvalue weighted by Gasteiger charge is -2.33. The fourth-order valence-corrected chi connectivity index (χ4v) is 2.59. The highest BCUT2D eigenvalue weighted by molar-refractivity contribution is 5.95. The zero-order valence-electron chi connectivity index (χ0n) is 11.9. The van der Waals surface area contributed by atoms with E-state index >= 15 is 0 Å². The molecule has 0 aliphatic carbocycles. The fourth-order valence-electron chi connectivity index (χ4n) is 2.59. The second-order valence-electron chi connectivity index (χ2n) is 4.86. The highest BCUT2D eigenvalue weighted by atomic mass is 16.4. The third kappa shape index (κ3) is 2.61. The maximum Gasteiger partial charge on any atom is 0.335 e. The van der Waals surface area contributed by atoms with Crippen molar-refractivity contribution in [3.8, 4) is 0 Å². The van der Waals surface area contributed by atoms with Crippen molar-refractivity contribution in [2.75, 3.05) is 24.5 Å². The second kappa shape index (κ2) is 5.94. The number of rotatable bonds is 3. The standard InChI is InChI=1S/C15H20N2O3/c1-3-16(4-2)15(20)17-9-5-6-11-10-12(14(18)19)7-8-13(11)17/h7-8,10H,3-6,9H2,1-2H3,(H,18,19). The van der Waals surface area contributed by atoms with Gasteiger partial charge in [0.2, 0.25) is 0 Å². The number of benzene rings is 1. The Morgan fingerprint density at radius 1 is 1.30 bits per heavy atom. The largest absolute Gasteiger partial charge is 0.478 e. The van der Waals surface area contributed by atoms with Crippen LogP contribution in [0.1, 0.15) is 36.2 Å². The van der Waals surface area contributed by atoms with E-state index in [-0.39, 0.29) is 11.6 Å².